The molecule has 0 radical (unpaired) electrons. The summed E-state index contributed by atoms with van der Waals surface area (Å²) in [6, 6.07) is 7.53. The van der Waals surface area contributed by atoms with Crippen LogP contribution in [0.1, 0.15) is 32.3 Å². The molecule has 0 spiro atoms. The molecule has 3 nitrogen and oxygen atoms in total. The van der Waals surface area contributed by atoms with E-state index in [-0.39, 0.29) is 12.1 Å². The quantitative estimate of drug-likeness (QED) is 0.591. The molecule has 2 unspecified atom stereocenters. The van der Waals surface area contributed by atoms with Gasteiger partial charge in [-0.25, -0.2) is 4.79 Å². The molecule has 0 N–H and O–H groups in total. The minimum atomic E-state index is -0.787. The van der Waals surface area contributed by atoms with Gasteiger partial charge in [-0.05, 0) is 30.5 Å². The number of benzene rings is 1. The molecule has 0 amide bonds. The lowest BCUT2D eigenvalue weighted by Crippen LogP contribution is -2.28. The first-order valence-corrected chi connectivity index (χ1v) is 7.29. The van der Waals surface area contributed by atoms with Gasteiger partial charge in [-0.15, -0.1) is 0 Å². The number of hydrogen-bond donors (Lipinski definition) is 0. The second kappa shape index (κ2) is 6.42. The third kappa shape index (κ3) is 3.22. The Bertz CT molecular complexity index is 512. The van der Waals surface area contributed by atoms with E-state index in [2.05, 4.69) is 0 Å². The van der Waals surface area contributed by atoms with E-state index in [0.29, 0.717) is 18.1 Å². The van der Waals surface area contributed by atoms with Crippen molar-refractivity contribution < 1.29 is 14.3 Å². The Morgan fingerprint density at radius 3 is 2.95 bits per heavy atom. The van der Waals surface area contributed by atoms with Crippen molar-refractivity contribution in [1.82, 2.24) is 0 Å². The van der Waals surface area contributed by atoms with Crippen LogP contribution >= 0.6 is 11.6 Å². The molecule has 1 fully saturated rings. The van der Waals surface area contributed by atoms with E-state index in [1.165, 1.54) is 0 Å². The molecule has 1 heterocycles. The van der Waals surface area contributed by atoms with Crippen LogP contribution in [0.5, 0.6) is 0 Å². The number of carbonyl (C=O) groups excluding carboxylic acids is 1. The lowest BCUT2D eigenvalue weighted by molar-refractivity contribution is -0.150. The summed E-state index contributed by atoms with van der Waals surface area (Å²) in [6.07, 6.45) is 5.02. The Hall–Kier alpha value is -1.32. The van der Waals surface area contributed by atoms with Gasteiger partial charge in [0.15, 0.2) is 5.60 Å². The largest absolute Gasteiger partial charge is 0.463 e. The van der Waals surface area contributed by atoms with E-state index in [9.17, 15) is 4.79 Å². The number of esters is 1. The van der Waals surface area contributed by atoms with Crippen LogP contribution in [0.4, 0.5) is 0 Å². The van der Waals surface area contributed by atoms with Crippen LogP contribution in [-0.2, 0) is 14.3 Å². The van der Waals surface area contributed by atoms with Crippen molar-refractivity contribution >= 4 is 23.6 Å². The van der Waals surface area contributed by atoms with Crippen LogP contribution in [-0.4, -0.2) is 24.3 Å². The molecule has 1 aliphatic heterocycles. The molecule has 0 aliphatic carbocycles. The van der Waals surface area contributed by atoms with Crippen LogP contribution in [0.25, 0.3) is 6.08 Å². The summed E-state index contributed by atoms with van der Waals surface area (Å²) in [7, 11) is 0. The van der Waals surface area contributed by atoms with Crippen molar-refractivity contribution in [2.75, 3.05) is 6.61 Å². The van der Waals surface area contributed by atoms with Crippen molar-refractivity contribution in [3.63, 3.8) is 0 Å². The average molecular weight is 295 g/mol. The number of carbonyl (C=O) groups is 1. The molecule has 0 aromatic heterocycles. The normalized spacial score (nSPS) is 24.9. The zero-order valence-electron chi connectivity index (χ0n) is 11.8. The maximum absolute atomic E-state index is 12.0. The maximum atomic E-state index is 12.0. The molecular formula is C16H19ClO3. The smallest absolute Gasteiger partial charge is 0.341 e. The molecule has 1 aromatic carbocycles. The van der Waals surface area contributed by atoms with Crippen LogP contribution < -0.4 is 0 Å². The monoisotopic (exact) mass is 294 g/mol. The van der Waals surface area contributed by atoms with Crippen molar-refractivity contribution in [3.8, 4) is 0 Å². The number of rotatable bonds is 6. The molecule has 0 bridgehead atoms. The van der Waals surface area contributed by atoms with Gasteiger partial charge in [0.25, 0.3) is 0 Å². The molecule has 1 aromatic rings. The molecule has 1 saturated heterocycles. The maximum Gasteiger partial charge on any atom is 0.341 e. The van der Waals surface area contributed by atoms with Gasteiger partial charge in [-0.2, -0.15) is 0 Å². The fraction of sp³-hybridized carbons (Fsp3) is 0.438. The second-order valence-corrected chi connectivity index (χ2v) is 5.27. The second-order valence-electron chi connectivity index (χ2n) is 4.83. The Labute approximate surface area is 124 Å². The Morgan fingerprint density at radius 2 is 2.30 bits per heavy atom. The van der Waals surface area contributed by atoms with Gasteiger partial charge >= 0.3 is 5.97 Å². The highest BCUT2D eigenvalue weighted by Crippen LogP contribution is 2.42. The molecule has 1 aliphatic rings. The summed E-state index contributed by atoms with van der Waals surface area (Å²) in [6.45, 7) is 4.34. The zero-order valence-corrected chi connectivity index (χ0v) is 12.5. The van der Waals surface area contributed by atoms with Gasteiger partial charge in [0.2, 0.25) is 0 Å². The van der Waals surface area contributed by atoms with Gasteiger partial charge in [0.1, 0.15) is 6.10 Å². The van der Waals surface area contributed by atoms with Crippen LogP contribution in [0.15, 0.2) is 30.3 Å². The number of hydrogen-bond acceptors (Lipinski definition) is 3. The first-order valence-electron chi connectivity index (χ1n) is 6.91. The van der Waals surface area contributed by atoms with Crippen molar-refractivity contribution in [1.29, 1.82) is 0 Å². The van der Waals surface area contributed by atoms with Gasteiger partial charge in [-0.1, -0.05) is 49.7 Å². The first kappa shape index (κ1) is 15.1. The Morgan fingerprint density at radius 1 is 1.50 bits per heavy atom. The molecule has 108 valence electrons. The summed E-state index contributed by atoms with van der Waals surface area (Å²) in [4.78, 5) is 12.0. The van der Waals surface area contributed by atoms with E-state index in [1.807, 2.05) is 50.3 Å². The minimum Gasteiger partial charge on any atom is -0.463 e. The Kier molecular flexibility index (Phi) is 4.84. The molecule has 20 heavy (non-hydrogen) atoms. The molecule has 4 heteroatoms. The first-order chi connectivity index (χ1) is 9.62. The molecular weight excluding hydrogens is 276 g/mol. The standard InChI is InChI=1S/C16H19ClO3/c1-3-10-19-15(18)16(4-2)14(20-16)9-8-12-6-5-7-13(17)11-12/h5-9,11,14H,3-4,10H2,1-2H3. The predicted molar refractivity (Wildman–Crippen MR) is 79.6 cm³/mol. The summed E-state index contributed by atoms with van der Waals surface area (Å²) in [5.41, 5.74) is 0.199. The summed E-state index contributed by atoms with van der Waals surface area (Å²) in [5, 5.41) is 0.688. The van der Waals surface area contributed by atoms with Crippen LogP contribution in [0.3, 0.4) is 0 Å². The molecule has 0 saturated carbocycles. The lowest BCUT2D eigenvalue weighted by Gasteiger charge is -2.08. The zero-order chi connectivity index (χ0) is 14.6. The summed E-state index contributed by atoms with van der Waals surface area (Å²) >= 11 is 5.93. The average Bonchev–Trinajstić information content (AvgIpc) is 3.17. The number of epoxide rings is 1. The number of ether oxygens (including phenoxy) is 2. The molecule has 2 atom stereocenters. The summed E-state index contributed by atoms with van der Waals surface area (Å²) < 4.78 is 10.8. The SMILES string of the molecule is CCCOC(=O)C1(CC)OC1C=Cc1cccc(Cl)c1. The number of halogens is 1. The van der Waals surface area contributed by atoms with Gasteiger partial charge in [0.05, 0.1) is 6.61 Å². The third-order valence-corrected chi connectivity index (χ3v) is 3.59. The van der Waals surface area contributed by atoms with Crippen LogP contribution in [0, 0.1) is 0 Å². The van der Waals surface area contributed by atoms with Crippen molar-refractivity contribution in [2.45, 2.75) is 38.4 Å². The topological polar surface area (TPSA) is 38.8 Å². The lowest BCUT2D eigenvalue weighted by atomic mass is 10.0. The van der Waals surface area contributed by atoms with Gasteiger partial charge in [-0.3, -0.25) is 0 Å². The fourth-order valence-electron chi connectivity index (χ4n) is 2.11. The van der Waals surface area contributed by atoms with E-state index >= 15 is 0 Å². The predicted octanol–water partition coefficient (Wildman–Crippen LogP) is 3.85. The van der Waals surface area contributed by atoms with Gasteiger partial charge < -0.3 is 9.47 Å². The highest BCUT2D eigenvalue weighted by Gasteiger charge is 2.61. The highest BCUT2D eigenvalue weighted by atomic mass is 35.5. The Balaban J connectivity index is 2.00. The minimum absolute atomic E-state index is 0.212. The van der Waals surface area contributed by atoms with Crippen LogP contribution in [0.2, 0.25) is 5.02 Å². The van der Waals surface area contributed by atoms with E-state index in [0.717, 1.165) is 12.0 Å². The fourth-order valence-corrected chi connectivity index (χ4v) is 2.30. The van der Waals surface area contributed by atoms with E-state index in [4.69, 9.17) is 21.1 Å². The van der Waals surface area contributed by atoms with Gasteiger partial charge in [0, 0.05) is 5.02 Å². The van der Waals surface area contributed by atoms with E-state index < -0.39 is 5.60 Å². The van der Waals surface area contributed by atoms with E-state index in [1.54, 1.807) is 0 Å². The molecule has 2 rings (SSSR count). The van der Waals surface area contributed by atoms with Crippen molar-refractivity contribution in [3.05, 3.63) is 40.9 Å². The third-order valence-electron chi connectivity index (χ3n) is 3.36. The van der Waals surface area contributed by atoms with Crippen molar-refractivity contribution in [2.24, 2.45) is 0 Å². The summed E-state index contributed by atoms with van der Waals surface area (Å²) in [5.74, 6) is -0.261. The highest BCUT2D eigenvalue weighted by molar-refractivity contribution is 6.30.